The van der Waals surface area contributed by atoms with Crippen molar-refractivity contribution in [2.75, 3.05) is 0 Å². The lowest BCUT2D eigenvalue weighted by Crippen LogP contribution is -1.93. The molecule has 3 nitrogen and oxygen atoms in total. The Morgan fingerprint density at radius 3 is 2.23 bits per heavy atom. The lowest BCUT2D eigenvalue weighted by Gasteiger charge is -2.06. The van der Waals surface area contributed by atoms with Crippen LogP contribution in [0.1, 0.15) is 0 Å². The van der Waals surface area contributed by atoms with Gasteiger partial charge in [0.15, 0.2) is 11.4 Å². The number of hydrogen-bond acceptors (Lipinski definition) is 3. The third kappa shape index (κ3) is 2.45. The van der Waals surface area contributed by atoms with E-state index in [1.165, 1.54) is 0 Å². The Morgan fingerprint density at radius 2 is 1.42 bits per heavy atom. The molecular formula is C22H13ClN2O. The van der Waals surface area contributed by atoms with E-state index in [-0.39, 0.29) is 0 Å². The van der Waals surface area contributed by atoms with E-state index in [0.717, 1.165) is 33.3 Å². The Labute approximate surface area is 154 Å². The molecule has 0 saturated heterocycles. The van der Waals surface area contributed by atoms with Crippen molar-refractivity contribution in [3.05, 3.63) is 83.9 Å². The summed E-state index contributed by atoms with van der Waals surface area (Å²) in [6, 6.07) is 25.5. The van der Waals surface area contributed by atoms with Crippen LogP contribution < -0.4 is 0 Å². The second-order valence-corrected chi connectivity index (χ2v) is 6.48. The van der Waals surface area contributed by atoms with Crippen LogP contribution in [-0.4, -0.2) is 9.97 Å². The van der Waals surface area contributed by atoms with Crippen molar-refractivity contribution in [2.45, 2.75) is 0 Å². The minimum absolute atomic E-state index is 0.652. The van der Waals surface area contributed by atoms with E-state index in [1.54, 1.807) is 0 Å². The van der Waals surface area contributed by atoms with E-state index < -0.39 is 0 Å². The van der Waals surface area contributed by atoms with Crippen molar-refractivity contribution >= 4 is 33.7 Å². The number of nitrogens with zero attached hydrogens (tertiary/aromatic N) is 2. The number of furan rings is 1. The van der Waals surface area contributed by atoms with Gasteiger partial charge in [0.05, 0.1) is 0 Å². The first-order valence-electron chi connectivity index (χ1n) is 8.30. The van der Waals surface area contributed by atoms with Crippen molar-refractivity contribution < 1.29 is 4.42 Å². The second-order valence-electron chi connectivity index (χ2n) is 6.04. The van der Waals surface area contributed by atoms with Crippen LogP contribution in [-0.2, 0) is 0 Å². The van der Waals surface area contributed by atoms with Gasteiger partial charge in [-0.3, -0.25) is 0 Å². The second kappa shape index (κ2) is 5.97. The zero-order valence-corrected chi connectivity index (χ0v) is 14.4. The van der Waals surface area contributed by atoms with Crippen molar-refractivity contribution in [1.29, 1.82) is 0 Å². The summed E-state index contributed by atoms with van der Waals surface area (Å²) in [5.74, 6) is 0.652. The molecule has 5 aromatic rings. The van der Waals surface area contributed by atoms with Crippen LogP contribution in [0, 0.1) is 0 Å². The summed E-state index contributed by atoms with van der Waals surface area (Å²) in [6.45, 7) is 0. The van der Waals surface area contributed by atoms with Gasteiger partial charge in [0.25, 0.3) is 0 Å². The standard InChI is InChI=1S/C22H13ClN2O/c23-16-12-10-15(11-13-16)22-24-19(14-6-2-1-3-7-14)21-20(25-22)17-8-4-5-9-18(17)26-21/h1-13H. The predicted molar refractivity (Wildman–Crippen MR) is 105 cm³/mol. The van der Waals surface area contributed by atoms with E-state index in [4.69, 9.17) is 26.0 Å². The summed E-state index contributed by atoms with van der Waals surface area (Å²) < 4.78 is 6.10. The third-order valence-electron chi connectivity index (χ3n) is 4.37. The normalized spacial score (nSPS) is 11.3. The number of para-hydroxylation sites is 1. The quantitative estimate of drug-likeness (QED) is 0.369. The first-order chi connectivity index (χ1) is 12.8. The number of hydrogen-bond donors (Lipinski definition) is 0. The zero-order chi connectivity index (χ0) is 17.5. The molecule has 4 heteroatoms. The Bertz CT molecular complexity index is 1230. The Hall–Kier alpha value is -3.17. The molecule has 0 aliphatic rings. The minimum Gasteiger partial charge on any atom is -0.452 e. The van der Waals surface area contributed by atoms with Crippen LogP contribution in [0.2, 0.25) is 5.02 Å². The average Bonchev–Trinajstić information content (AvgIpc) is 3.07. The van der Waals surface area contributed by atoms with E-state index in [1.807, 2.05) is 78.9 Å². The zero-order valence-electron chi connectivity index (χ0n) is 13.7. The molecule has 0 aliphatic carbocycles. The van der Waals surface area contributed by atoms with Crippen molar-refractivity contribution in [3.8, 4) is 22.6 Å². The maximum absolute atomic E-state index is 6.10. The van der Waals surface area contributed by atoms with Crippen molar-refractivity contribution in [3.63, 3.8) is 0 Å². The highest BCUT2D eigenvalue weighted by atomic mass is 35.5. The maximum Gasteiger partial charge on any atom is 0.180 e. The molecule has 0 saturated carbocycles. The van der Waals surface area contributed by atoms with Gasteiger partial charge in [-0.15, -0.1) is 0 Å². The molecule has 0 radical (unpaired) electrons. The lowest BCUT2D eigenvalue weighted by molar-refractivity contribution is 0.667. The number of rotatable bonds is 2. The first-order valence-corrected chi connectivity index (χ1v) is 8.68. The Morgan fingerprint density at radius 1 is 0.692 bits per heavy atom. The molecule has 0 unspecified atom stereocenters. The number of fused-ring (bicyclic) bond motifs is 3. The summed E-state index contributed by atoms with van der Waals surface area (Å²) in [5.41, 5.74) is 5.03. The summed E-state index contributed by atoms with van der Waals surface area (Å²) in [5, 5.41) is 1.67. The largest absolute Gasteiger partial charge is 0.452 e. The first kappa shape index (κ1) is 15.1. The monoisotopic (exact) mass is 356 g/mol. The van der Waals surface area contributed by atoms with E-state index in [9.17, 15) is 0 Å². The minimum atomic E-state index is 0.652. The lowest BCUT2D eigenvalue weighted by atomic mass is 10.1. The van der Waals surface area contributed by atoms with Crippen LogP contribution in [0.3, 0.4) is 0 Å². The fourth-order valence-corrected chi connectivity index (χ4v) is 3.24. The van der Waals surface area contributed by atoms with Crippen LogP contribution in [0.5, 0.6) is 0 Å². The Balaban J connectivity index is 1.87. The SMILES string of the molecule is Clc1ccc(-c2nc(-c3ccccc3)c3oc4ccccc4c3n2)cc1. The van der Waals surface area contributed by atoms with Gasteiger partial charge in [0, 0.05) is 21.5 Å². The molecule has 0 N–H and O–H groups in total. The summed E-state index contributed by atoms with van der Waals surface area (Å²) in [7, 11) is 0. The van der Waals surface area contributed by atoms with Crippen LogP contribution in [0.4, 0.5) is 0 Å². The third-order valence-corrected chi connectivity index (χ3v) is 4.62. The highest BCUT2D eigenvalue weighted by Crippen LogP contribution is 2.35. The highest BCUT2D eigenvalue weighted by Gasteiger charge is 2.17. The predicted octanol–water partition coefficient (Wildman–Crippen LogP) is 6.36. The molecule has 124 valence electrons. The van der Waals surface area contributed by atoms with E-state index in [0.29, 0.717) is 16.4 Å². The molecule has 2 aromatic heterocycles. The number of halogens is 1. The van der Waals surface area contributed by atoms with Gasteiger partial charge in [-0.1, -0.05) is 54.1 Å². The molecule has 0 spiro atoms. The molecule has 0 atom stereocenters. The van der Waals surface area contributed by atoms with E-state index >= 15 is 0 Å². The van der Waals surface area contributed by atoms with Gasteiger partial charge in [0.1, 0.15) is 16.8 Å². The smallest absolute Gasteiger partial charge is 0.180 e. The molecule has 3 aromatic carbocycles. The van der Waals surface area contributed by atoms with Crippen LogP contribution in [0.15, 0.2) is 83.3 Å². The fourth-order valence-electron chi connectivity index (χ4n) is 3.11. The topological polar surface area (TPSA) is 38.9 Å². The molecule has 5 rings (SSSR count). The number of aromatic nitrogens is 2. The van der Waals surface area contributed by atoms with Gasteiger partial charge >= 0.3 is 0 Å². The van der Waals surface area contributed by atoms with Gasteiger partial charge in [-0.25, -0.2) is 9.97 Å². The molecule has 0 amide bonds. The summed E-state index contributed by atoms with van der Waals surface area (Å²) in [4.78, 5) is 9.62. The Kier molecular flexibility index (Phi) is 3.47. The summed E-state index contributed by atoms with van der Waals surface area (Å²) in [6.07, 6.45) is 0. The van der Waals surface area contributed by atoms with Crippen molar-refractivity contribution in [2.24, 2.45) is 0 Å². The summed E-state index contributed by atoms with van der Waals surface area (Å²) >= 11 is 6.03. The van der Waals surface area contributed by atoms with Crippen molar-refractivity contribution in [1.82, 2.24) is 9.97 Å². The van der Waals surface area contributed by atoms with Crippen LogP contribution >= 0.6 is 11.6 Å². The van der Waals surface area contributed by atoms with E-state index in [2.05, 4.69) is 0 Å². The fraction of sp³-hybridized carbons (Fsp3) is 0. The van der Waals surface area contributed by atoms with Gasteiger partial charge in [-0.2, -0.15) is 0 Å². The van der Waals surface area contributed by atoms with Crippen LogP contribution in [0.25, 0.3) is 44.7 Å². The highest BCUT2D eigenvalue weighted by molar-refractivity contribution is 6.30. The molecule has 0 fully saturated rings. The number of benzene rings is 3. The van der Waals surface area contributed by atoms with Gasteiger partial charge in [0.2, 0.25) is 0 Å². The van der Waals surface area contributed by atoms with Gasteiger partial charge in [-0.05, 0) is 36.4 Å². The molecule has 2 heterocycles. The molecule has 0 aliphatic heterocycles. The molecular weight excluding hydrogens is 344 g/mol. The van der Waals surface area contributed by atoms with Gasteiger partial charge < -0.3 is 4.42 Å². The average molecular weight is 357 g/mol. The molecule has 0 bridgehead atoms. The molecule has 26 heavy (non-hydrogen) atoms. The maximum atomic E-state index is 6.10.